The first kappa shape index (κ1) is 11.6. The summed E-state index contributed by atoms with van der Waals surface area (Å²) in [7, 11) is 0. The zero-order chi connectivity index (χ0) is 11.8. The van der Waals surface area contributed by atoms with Gasteiger partial charge in [-0.05, 0) is 18.6 Å². The minimum Gasteiger partial charge on any atom is -0.284 e. The Morgan fingerprint density at radius 3 is 2.20 bits per heavy atom. The molecule has 0 N–H and O–H groups in total. The third-order valence-electron chi connectivity index (χ3n) is 1.77. The van der Waals surface area contributed by atoms with Crippen molar-refractivity contribution < 1.29 is 26.7 Å². The zero-order valence-electron chi connectivity index (χ0n) is 7.45. The number of alkyl halides is 3. The first-order chi connectivity index (χ1) is 6.75. The highest BCUT2D eigenvalue weighted by atomic mass is 19.4. The number of carbonyl (C=O) groups is 1. The number of rotatable bonds is 1. The Bertz CT molecular complexity index is 408. The SMILES string of the molecule is Cc1ccc(F)c(C(=O)C(F)(F)F)c1F. The topological polar surface area (TPSA) is 17.1 Å². The molecule has 1 aromatic rings. The van der Waals surface area contributed by atoms with Gasteiger partial charge in [0.15, 0.2) is 0 Å². The number of halogens is 5. The lowest BCUT2D eigenvalue weighted by Crippen LogP contribution is -2.25. The second kappa shape index (κ2) is 3.60. The maximum absolute atomic E-state index is 13.1. The second-order valence-electron chi connectivity index (χ2n) is 2.88. The summed E-state index contributed by atoms with van der Waals surface area (Å²) < 4.78 is 61.8. The largest absolute Gasteiger partial charge is 0.455 e. The van der Waals surface area contributed by atoms with Crippen LogP contribution in [-0.4, -0.2) is 12.0 Å². The summed E-state index contributed by atoms with van der Waals surface area (Å²) in [6.07, 6.45) is -5.28. The maximum Gasteiger partial charge on any atom is 0.455 e. The molecule has 6 heteroatoms. The van der Waals surface area contributed by atoms with Crippen LogP contribution in [0.3, 0.4) is 0 Å². The Morgan fingerprint density at radius 2 is 1.73 bits per heavy atom. The third kappa shape index (κ3) is 2.14. The molecule has 0 saturated carbocycles. The summed E-state index contributed by atoms with van der Waals surface area (Å²) in [5.74, 6) is -5.50. The molecule has 15 heavy (non-hydrogen) atoms. The van der Waals surface area contributed by atoms with Gasteiger partial charge in [0.05, 0.1) is 5.56 Å². The first-order valence-corrected chi connectivity index (χ1v) is 3.81. The van der Waals surface area contributed by atoms with Crippen molar-refractivity contribution in [3.8, 4) is 0 Å². The van der Waals surface area contributed by atoms with Crippen LogP contribution in [0, 0.1) is 18.6 Å². The van der Waals surface area contributed by atoms with Gasteiger partial charge in [0.1, 0.15) is 11.6 Å². The minimum absolute atomic E-state index is 0.219. The van der Waals surface area contributed by atoms with Gasteiger partial charge in [-0.2, -0.15) is 13.2 Å². The molecular formula is C9H5F5O. The van der Waals surface area contributed by atoms with Crippen LogP contribution in [0.1, 0.15) is 15.9 Å². The molecule has 1 rings (SSSR count). The van der Waals surface area contributed by atoms with E-state index in [-0.39, 0.29) is 5.56 Å². The number of Topliss-reactive ketones (excluding diaryl/α,β-unsaturated/α-hetero) is 1. The molecule has 0 bridgehead atoms. The van der Waals surface area contributed by atoms with Crippen LogP contribution in [0.4, 0.5) is 22.0 Å². The predicted molar refractivity (Wildman–Crippen MR) is 41.5 cm³/mol. The Labute approximate surface area is 81.5 Å². The van der Waals surface area contributed by atoms with E-state index in [2.05, 4.69) is 0 Å². The highest BCUT2D eigenvalue weighted by Gasteiger charge is 2.42. The van der Waals surface area contributed by atoms with Crippen molar-refractivity contribution >= 4 is 5.78 Å². The molecule has 0 aliphatic rings. The normalized spacial score (nSPS) is 11.6. The van der Waals surface area contributed by atoms with Gasteiger partial charge >= 0.3 is 6.18 Å². The Morgan fingerprint density at radius 1 is 1.20 bits per heavy atom. The highest BCUT2D eigenvalue weighted by molar-refractivity contribution is 6.00. The number of aryl methyl sites for hydroxylation is 1. The molecule has 0 heterocycles. The van der Waals surface area contributed by atoms with Crippen LogP contribution >= 0.6 is 0 Å². The average Bonchev–Trinajstić information content (AvgIpc) is 2.10. The molecule has 0 amide bonds. The van der Waals surface area contributed by atoms with Crippen LogP contribution in [0.2, 0.25) is 0 Å². The summed E-state index contributed by atoms with van der Waals surface area (Å²) >= 11 is 0. The van der Waals surface area contributed by atoms with Crippen molar-refractivity contribution in [1.82, 2.24) is 0 Å². The van der Waals surface area contributed by atoms with Gasteiger partial charge in [0.2, 0.25) is 0 Å². The van der Waals surface area contributed by atoms with Gasteiger partial charge in [-0.3, -0.25) is 4.79 Å². The van der Waals surface area contributed by atoms with Gasteiger partial charge < -0.3 is 0 Å². The van der Waals surface area contributed by atoms with Crippen molar-refractivity contribution in [3.05, 3.63) is 34.9 Å². The number of ketones is 1. The smallest absolute Gasteiger partial charge is 0.284 e. The summed E-state index contributed by atoms with van der Waals surface area (Å²) in [4.78, 5) is 10.7. The molecule has 0 spiro atoms. The van der Waals surface area contributed by atoms with E-state index in [1.165, 1.54) is 0 Å². The molecule has 0 unspecified atom stereocenters. The molecule has 82 valence electrons. The molecule has 0 fully saturated rings. The molecule has 0 aromatic heterocycles. The van der Waals surface area contributed by atoms with Crippen molar-refractivity contribution in [3.63, 3.8) is 0 Å². The molecule has 0 atom stereocenters. The summed E-state index contributed by atoms with van der Waals surface area (Å²) in [6, 6.07) is 1.58. The minimum atomic E-state index is -5.28. The molecule has 0 aliphatic heterocycles. The molecular weight excluding hydrogens is 219 g/mol. The summed E-state index contributed by atoms with van der Waals surface area (Å²) in [6.45, 7) is 1.14. The molecule has 0 radical (unpaired) electrons. The third-order valence-corrected chi connectivity index (χ3v) is 1.77. The highest BCUT2D eigenvalue weighted by Crippen LogP contribution is 2.26. The fourth-order valence-electron chi connectivity index (χ4n) is 1.01. The molecule has 0 aliphatic carbocycles. The van der Waals surface area contributed by atoms with Gasteiger partial charge in [-0.1, -0.05) is 6.07 Å². The molecule has 1 aromatic carbocycles. The first-order valence-electron chi connectivity index (χ1n) is 3.81. The lowest BCUT2D eigenvalue weighted by atomic mass is 10.1. The maximum atomic E-state index is 13.1. The fraction of sp³-hybridized carbons (Fsp3) is 0.222. The zero-order valence-corrected chi connectivity index (χ0v) is 7.45. The summed E-state index contributed by atoms with van der Waals surface area (Å²) in [5.41, 5.74) is -1.77. The average molecular weight is 224 g/mol. The molecule has 0 saturated heterocycles. The number of carbonyl (C=O) groups excluding carboxylic acids is 1. The van der Waals surface area contributed by atoms with E-state index in [1.54, 1.807) is 0 Å². The second-order valence-corrected chi connectivity index (χ2v) is 2.88. The van der Waals surface area contributed by atoms with Gasteiger partial charge in [0, 0.05) is 0 Å². The van der Waals surface area contributed by atoms with Gasteiger partial charge in [-0.25, -0.2) is 8.78 Å². The van der Waals surface area contributed by atoms with E-state index in [0.29, 0.717) is 6.07 Å². The Kier molecular flexibility index (Phi) is 2.79. The lowest BCUT2D eigenvalue weighted by molar-refractivity contribution is -0.0890. The number of hydrogen-bond donors (Lipinski definition) is 0. The van der Waals surface area contributed by atoms with Crippen molar-refractivity contribution in [1.29, 1.82) is 0 Å². The van der Waals surface area contributed by atoms with E-state index >= 15 is 0 Å². The number of benzene rings is 1. The monoisotopic (exact) mass is 224 g/mol. The fourth-order valence-corrected chi connectivity index (χ4v) is 1.01. The van der Waals surface area contributed by atoms with Crippen LogP contribution in [0.5, 0.6) is 0 Å². The lowest BCUT2D eigenvalue weighted by Gasteiger charge is -2.08. The molecule has 1 nitrogen and oxygen atoms in total. The quantitative estimate of drug-likeness (QED) is 0.529. The van der Waals surface area contributed by atoms with Crippen LogP contribution < -0.4 is 0 Å². The van der Waals surface area contributed by atoms with Gasteiger partial charge in [0.25, 0.3) is 5.78 Å². The predicted octanol–water partition coefficient (Wildman–Crippen LogP) is 3.02. The number of hydrogen-bond acceptors (Lipinski definition) is 1. The standard InChI is InChI=1S/C9H5F5O/c1-4-2-3-5(10)6(7(4)11)8(15)9(12,13)14/h2-3H,1H3. The van der Waals surface area contributed by atoms with Crippen molar-refractivity contribution in [2.75, 3.05) is 0 Å². The van der Waals surface area contributed by atoms with Crippen LogP contribution in [0.15, 0.2) is 12.1 Å². The van der Waals surface area contributed by atoms with E-state index < -0.39 is 29.2 Å². The van der Waals surface area contributed by atoms with E-state index in [4.69, 9.17) is 0 Å². The Balaban J connectivity index is 3.38. The van der Waals surface area contributed by atoms with Crippen LogP contribution in [-0.2, 0) is 0 Å². The van der Waals surface area contributed by atoms with E-state index in [0.717, 1.165) is 13.0 Å². The van der Waals surface area contributed by atoms with Crippen molar-refractivity contribution in [2.24, 2.45) is 0 Å². The van der Waals surface area contributed by atoms with E-state index in [9.17, 15) is 26.7 Å². The summed E-state index contributed by atoms with van der Waals surface area (Å²) in [5, 5.41) is 0. The van der Waals surface area contributed by atoms with Gasteiger partial charge in [-0.15, -0.1) is 0 Å². The Hall–Kier alpha value is -1.46. The van der Waals surface area contributed by atoms with Crippen molar-refractivity contribution in [2.45, 2.75) is 13.1 Å². The van der Waals surface area contributed by atoms with Crippen LogP contribution in [0.25, 0.3) is 0 Å². The van der Waals surface area contributed by atoms with E-state index in [1.807, 2.05) is 0 Å².